The molecule has 0 saturated heterocycles. The maximum absolute atomic E-state index is 12.7. The van der Waals surface area contributed by atoms with Crippen LogP contribution >= 0.6 is 0 Å². The average molecular weight is 395 g/mol. The summed E-state index contributed by atoms with van der Waals surface area (Å²) in [7, 11) is 3.34. The number of rotatable bonds is 10. The molecule has 154 valence electrons. The van der Waals surface area contributed by atoms with E-state index in [9.17, 15) is 4.79 Å². The third kappa shape index (κ3) is 4.98. The summed E-state index contributed by atoms with van der Waals surface area (Å²) in [6.45, 7) is 4.28. The highest BCUT2D eigenvalue weighted by atomic mass is 16.5. The smallest absolute Gasteiger partial charge is 0.220 e. The van der Waals surface area contributed by atoms with Crippen LogP contribution in [0.4, 0.5) is 0 Å². The number of carbonyl (C=O) groups is 1. The number of nitrogens with zero attached hydrogens (tertiary/aromatic N) is 1. The summed E-state index contributed by atoms with van der Waals surface area (Å²) in [5.74, 6) is 0.791. The van der Waals surface area contributed by atoms with E-state index in [4.69, 9.17) is 9.47 Å². The van der Waals surface area contributed by atoms with Crippen LogP contribution in [0.5, 0.6) is 5.75 Å². The zero-order valence-electron chi connectivity index (χ0n) is 17.5. The van der Waals surface area contributed by atoms with Gasteiger partial charge in [-0.25, -0.2) is 0 Å². The number of ether oxygens (including phenoxy) is 2. The van der Waals surface area contributed by atoms with Crippen LogP contribution < -0.4 is 10.1 Å². The molecule has 29 heavy (non-hydrogen) atoms. The Labute approximate surface area is 172 Å². The molecule has 1 unspecified atom stereocenters. The van der Waals surface area contributed by atoms with Gasteiger partial charge in [0.1, 0.15) is 5.75 Å². The molecule has 1 atom stereocenters. The van der Waals surface area contributed by atoms with E-state index in [1.165, 1.54) is 16.5 Å². The molecule has 0 aliphatic carbocycles. The summed E-state index contributed by atoms with van der Waals surface area (Å²) < 4.78 is 12.7. The van der Waals surface area contributed by atoms with E-state index in [-0.39, 0.29) is 11.8 Å². The summed E-state index contributed by atoms with van der Waals surface area (Å²) in [4.78, 5) is 12.7. The van der Waals surface area contributed by atoms with Crippen molar-refractivity contribution >= 4 is 16.8 Å². The molecule has 0 aliphatic rings. The molecule has 5 nitrogen and oxygen atoms in total. The summed E-state index contributed by atoms with van der Waals surface area (Å²) >= 11 is 0. The van der Waals surface area contributed by atoms with Gasteiger partial charge in [0, 0.05) is 56.2 Å². The normalized spacial score (nSPS) is 12.1. The molecule has 3 aromatic rings. The third-order valence-corrected chi connectivity index (χ3v) is 5.27. The van der Waals surface area contributed by atoms with Gasteiger partial charge in [0.15, 0.2) is 0 Å². The predicted octanol–water partition coefficient (Wildman–Crippen LogP) is 4.34. The zero-order chi connectivity index (χ0) is 20.6. The fraction of sp³-hybridized carbons (Fsp3) is 0.375. The Morgan fingerprint density at radius 1 is 1.14 bits per heavy atom. The van der Waals surface area contributed by atoms with Gasteiger partial charge in [-0.1, -0.05) is 30.3 Å². The van der Waals surface area contributed by atoms with Crippen molar-refractivity contribution in [3.8, 4) is 5.75 Å². The highest BCUT2D eigenvalue weighted by Crippen LogP contribution is 2.36. The van der Waals surface area contributed by atoms with E-state index in [0.717, 1.165) is 24.3 Å². The van der Waals surface area contributed by atoms with Gasteiger partial charge >= 0.3 is 0 Å². The van der Waals surface area contributed by atoms with Crippen molar-refractivity contribution in [2.75, 3.05) is 27.4 Å². The molecular formula is C24H30N2O3. The summed E-state index contributed by atoms with van der Waals surface area (Å²) in [5, 5.41) is 4.22. The molecular weight excluding hydrogens is 364 g/mol. The maximum Gasteiger partial charge on any atom is 0.220 e. The number of aryl methyl sites for hydroxylation is 1. The van der Waals surface area contributed by atoms with Crippen molar-refractivity contribution in [2.45, 2.75) is 32.2 Å². The van der Waals surface area contributed by atoms with Crippen LogP contribution in [0.2, 0.25) is 0 Å². The number of aromatic nitrogens is 1. The molecule has 0 aliphatic heterocycles. The molecule has 2 aromatic carbocycles. The Morgan fingerprint density at radius 2 is 1.97 bits per heavy atom. The number of hydrogen-bond acceptors (Lipinski definition) is 3. The molecule has 0 radical (unpaired) electrons. The van der Waals surface area contributed by atoms with Crippen molar-refractivity contribution < 1.29 is 14.3 Å². The second-order valence-electron chi connectivity index (χ2n) is 7.12. The van der Waals surface area contributed by atoms with Gasteiger partial charge < -0.3 is 19.4 Å². The largest absolute Gasteiger partial charge is 0.497 e. The van der Waals surface area contributed by atoms with E-state index in [0.29, 0.717) is 19.6 Å². The summed E-state index contributed by atoms with van der Waals surface area (Å²) in [6.07, 6.45) is 3.38. The molecule has 1 N–H and O–H groups in total. The first-order chi connectivity index (χ1) is 14.2. The van der Waals surface area contributed by atoms with Gasteiger partial charge in [0.05, 0.1) is 7.11 Å². The Balaban J connectivity index is 1.96. The molecule has 0 saturated carbocycles. The highest BCUT2D eigenvalue weighted by Gasteiger charge is 2.23. The highest BCUT2D eigenvalue weighted by molar-refractivity contribution is 5.86. The van der Waals surface area contributed by atoms with Crippen LogP contribution in [0.1, 0.15) is 36.8 Å². The first-order valence-corrected chi connectivity index (χ1v) is 10.1. The standard InChI is InChI=1S/C24H30N2O3/c1-4-26-17-22(20-11-5-6-12-23(20)26)21(16-24(27)25-13-8-14-28-2)18-9-7-10-19(15-18)29-3/h5-7,9-12,15,17,21H,4,8,13-14,16H2,1-3H3,(H,25,27). The van der Waals surface area contributed by atoms with Gasteiger partial charge in [-0.05, 0) is 42.7 Å². The SMILES string of the molecule is CCn1cc(C(CC(=O)NCCCOC)c2cccc(OC)c2)c2ccccc21. The van der Waals surface area contributed by atoms with E-state index < -0.39 is 0 Å². The molecule has 1 amide bonds. The van der Waals surface area contributed by atoms with Crippen molar-refractivity contribution in [2.24, 2.45) is 0 Å². The van der Waals surface area contributed by atoms with Gasteiger partial charge in [0.2, 0.25) is 5.91 Å². The van der Waals surface area contributed by atoms with Crippen LogP contribution in [-0.2, 0) is 16.1 Å². The lowest BCUT2D eigenvalue weighted by Crippen LogP contribution is -2.27. The van der Waals surface area contributed by atoms with Crippen LogP contribution in [0.15, 0.2) is 54.7 Å². The quantitative estimate of drug-likeness (QED) is 0.520. The van der Waals surface area contributed by atoms with Gasteiger partial charge in [-0.2, -0.15) is 0 Å². The monoisotopic (exact) mass is 394 g/mol. The minimum atomic E-state index is -0.0507. The van der Waals surface area contributed by atoms with E-state index >= 15 is 0 Å². The fourth-order valence-corrected chi connectivity index (χ4v) is 3.78. The van der Waals surface area contributed by atoms with Crippen molar-refractivity contribution in [3.05, 3.63) is 65.9 Å². The molecule has 0 bridgehead atoms. The first-order valence-electron chi connectivity index (χ1n) is 10.1. The number of methoxy groups -OCH3 is 2. The van der Waals surface area contributed by atoms with Crippen molar-refractivity contribution in [3.63, 3.8) is 0 Å². The Hall–Kier alpha value is -2.79. The number of para-hydroxylation sites is 1. The Morgan fingerprint density at radius 3 is 2.72 bits per heavy atom. The van der Waals surface area contributed by atoms with Crippen LogP contribution in [0.3, 0.4) is 0 Å². The maximum atomic E-state index is 12.7. The van der Waals surface area contributed by atoms with Crippen LogP contribution in [0, 0.1) is 0 Å². The molecule has 0 spiro atoms. The number of hydrogen-bond donors (Lipinski definition) is 1. The van der Waals surface area contributed by atoms with E-state index in [1.54, 1.807) is 14.2 Å². The molecule has 1 heterocycles. The van der Waals surface area contributed by atoms with Crippen LogP contribution in [-0.4, -0.2) is 37.8 Å². The van der Waals surface area contributed by atoms with E-state index in [2.05, 4.69) is 53.3 Å². The summed E-state index contributed by atoms with van der Waals surface area (Å²) in [6, 6.07) is 16.4. The lowest BCUT2D eigenvalue weighted by atomic mass is 9.88. The Bertz CT molecular complexity index is 948. The minimum absolute atomic E-state index is 0.0438. The van der Waals surface area contributed by atoms with Crippen molar-refractivity contribution in [1.29, 1.82) is 0 Å². The molecule has 0 fully saturated rings. The van der Waals surface area contributed by atoms with Gasteiger partial charge in [-0.3, -0.25) is 4.79 Å². The van der Waals surface area contributed by atoms with Crippen molar-refractivity contribution in [1.82, 2.24) is 9.88 Å². The Kier molecular flexibility index (Phi) is 7.30. The first kappa shape index (κ1) is 20.9. The molecule has 5 heteroatoms. The minimum Gasteiger partial charge on any atom is -0.497 e. The summed E-state index contributed by atoms with van der Waals surface area (Å²) in [5.41, 5.74) is 3.44. The zero-order valence-corrected chi connectivity index (χ0v) is 17.5. The average Bonchev–Trinajstić information content (AvgIpc) is 3.14. The number of amides is 1. The topological polar surface area (TPSA) is 52.5 Å². The van der Waals surface area contributed by atoms with Crippen LogP contribution in [0.25, 0.3) is 10.9 Å². The molecule has 1 aromatic heterocycles. The lowest BCUT2D eigenvalue weighted by molar-refractivity contribution is -0.121. The number of fused-ring (bicyclic) bond motifs is 1. The third-order valence-electron chi connectivity index (χ3n) is 5.27. The van der Waals surface area contributed by atoms with Gasteiger partial charge in [0.25, 0.3) is 0 Å². The lowest BCUT2D eigenvalue weighted by Gasteiger charge is -2.18. The number of benzene rings is 2. The molecule has 3 rings (SSSR count). The number of nitrogens with one attached hydrogen (secondary N) is 1. The second-order valence-corrected chi connectivity index (χ2v) is 7.12. The predicted molar refractivity (Wildman–Crippen MR) is 117 cm³/mol. The number of carbonyl (C=O) groups excluding carboxylic acids is 1. The second kappa shape index (κ2) is 10.1. The van der Waals surface area contributed by atoms with Gasteiger partial charge in [-0.15, -0.1) is 0 Å². The van der Waals surface area contributed by atoms with E-state index in [1.807, 2.05) is 18.2 Å². The fourth-order valence-electron chi connectivity index (χ4n) is 3.78.